The molecule has 1 aromatic heterocycles. The molecule has 2 heterocycles. The largest absolute Gasteiger partial charge is 0.494 e. The van der Waals surface area contributed by atoms with Crippen molar-refractivity contribution >= 4 is 22.6 Å². The Kier molecular flexibility index (Phi) is 6.94. The smallest absolute Gasteiger partial charge is 0.227 e. The molecule has 1 amide bonds. The molecular formula is C30H33N3O3. The summed E-state index contributed by atoms with van der Waals surface area (Å²) in [6.45, 7) is 8.78. The predicted molar refractivity (Wildman–Crippen MR) is 143 cm³/mol. The first-order valence-electron chi connectivity index (χ1n) is 12.7. The fourth-order valence-electron chi connectivity index (χ4n) is 5.08. The molecule has 186 valence electrons. The van der Waals surface area contributed by atoms with Crippen LogP contribution in [0.15, 0.2) is 66.7 Å². The van der Waals surface area contributed by atoms with Gasteiger partial charge >= 0.3 is 0 Å². The van der Waals surface area contributed by atoms with Crippen molar-refractivity contribution in [3.63, 3.8) is 0 Å². The molecule has 36 heavy (non-hydrogen) atoms. The molecule has 0 spiro atoms. The van der Waals surface area contributed by atoms with Gasteiger partial charge in [-0.15, -0.1) is 0 Å². The molecule has 0 bridgehead atoms. The van der Waals surface area contributed by atoms with Crippen LogP contribution in [0, 0.1) is 13.8 Å². The predicted octanol–water partition coefficient (Wildman–Crippen LogP) is 6.04. The Morgan fingerprint density at radius 1 is 0.944 bits per heavy atom. The number of hydrogen-bond donors (Lipinski definition) is 0. The number of rotatable bonds is 9. The van der Waals surface area contributed by atoms with E-state index in [2.05, 4.69) is 42.7 Å². The first kappa shape index (κ1) is 23.9. The van der Waals surface area contributed by atoms with Gasteiger partial charge in [-0.05, 0) is 74.7 Å². The molecule has 4 aromatic rings. The lowest BCUT2D eigenvalue weighted by Gasteiger charge is -2.18. The lowest BCUT2D eigenvalue weighted by atomic mass is 10.1. The third-order valence-corrected chi connectivity index (χ3v) is 6.81. The van der Waals surface area contributed by atoms with E-state index in [9.17, 15) is 4.79 Å². The summed E-state index contributed by atoms with van der Waals surface area (Å²) in [5, 5.41) is 0. The Balaban J connectivity index is 1.33. The van der Waals surface area contributed by atoms with Crippen molar-refractivity contribution in [2.75, 3.05) is 24.7 Å². The summed E-state index contributed by atoms with van der Waals surface area (Å²) in [4.78, 5) is 19.9. The highest BCUT2D eigenvalue weighted by atomic mass is 16.5. The summed E-state index contributed by atoms with van der Waals surface area (Å²) < 4.78 is 14.0. The van der Waals surface area contributed by atoms with Crippen molar-refractivity contribution in [2.45, 2.75) is 46.1 Å². The fourth-order valence-corrected chi connectivity index (χ4v) is 5.08. The van der Waals surface area contributed by atoms with Crippen molar-refractivity contribution in [1.29, 1.82) is 0 Å². The van der Waals surface area contributed by atoms with Gasteiger partial charge in [-0.2, -0.15) is 0 Å². The number of ether oxygens (including phenoxy) is 2. The lowest BCUT2D eigenvalue weighted by molar-refractivity contribution is -0.117. The van der Waals surface area contributed by atoms with E-state index in [4.69, 9.17) is 14.5 Å². The number of para-hydroxylation sites is 3. The Hall–Kier alpha value is -3.80. The van der Waals surface area contributed by atoms with Crippen molar-refractivity contribution in [2.24, 2.45) is 0 Å². The number of amides is 1. The summed E-state index contributed by atoms with van der Waals surface area (Å²) >= 11 is 0. The summed E-state index contributed by atoms with van der Waals surface area (Å²) in [6.07, 6.45) is 1.31. The molecule has 1 unspecified atom stereocenters. The van der Waals surface area contributed by atoms with Gasteiger partial charge in [0.1, 0.15) is 17.3 Å². The van der Waals surface area contributed by atoms with Crippen molar-refractivity contribution in [3.05, 3.63) is 83.7 Å². The highest BCUT2D eigenvalue weighted by molar-refractivity contribution is 5.96. The summed E-state index contributed by atoms with van der Waals surface area (Å²) in [5.41, 5.74) is 5.28. The van der Waals surface area contributed by atoms with Crippen LogP contribution in [-0.4, -0.2) is 35.2 Å². The molecule has 1 fully saturated rings. The molecule has 6 heteroatoms. The first-order valence-corrected chi connectivity index (χ1v) is 12.7. The number of aryl methyl sites for hydroxylation is 3. The Morgan fingerprint density at radius 3 is 2.44 bits per heavy atom. The summed E-state index contributed by atoms with van der Waals surface area (Å²) in [6, 6.07) is 22.2. The molecule has 1 aliphatic heterocycles. The van der Waals surface area contributed by atoms with E-state index in [1.165, 1.54) is 0 Å². The maximum absolute atomic E-state index is 13.0. The zero-order valence-corrected chi connectivity index (χ0v) is 21.2. The Labute approximate surface area is 212 Å². The number of fused-ring (bicyclic) bond motifs is 1. The average Bonchev–Trinajstić information content (AvgIpc) is 3.44. The van der Waals surface area contributed by atoms with E-state index in [0.717, 1.165) is 58.1 Å². The van der Waals surface area contributed by atoms with Crippen LogP contribution < -0.4 is 14.4 Å². The highest BCUT2D eigenvalue weighted by Crippen LogP contribution is 2.34. The molecule has 0 radical (unpaired) electrons. The Bertz CT molecular complexity index is 1340. The van der Waals surface area contributed by atoms with Crippen LogP contribution in [0.5, 0.6) is 11.5 Å². The van der Waals surface area contributed by atoms with Gasteiger partial charge in [0.25, 0.3) is 0 Å². The number of nitrogens with zero attached hydrogens (tertiary/aromatic N) is 3. The minimum Gasteiger partial charge on any atom is -0.494 e. The second-order valence-corrected chi connectivity index (χ2v) is 9.37. The molecular weight excluding hydrogens is 450 g/mol. The van der Waals surface area contributed by atoms with E-state index >= 15 is 0 Å². The van der Waals surface area contributed by atoms with Gasteiger partial charge in [0.2, 0.25) is 5.91 Å². The second-order valence-electron chi connectivity index (χ2n) is 9.37. The van der Waals surface area contributed by atoms with E-state index in [1.54, 1.807) is 0 Å². The maximum atomic E-state index is 13.0. The van der Waals surface area contributed by atoms with Gasteiger partial charge in [0.05, 0.1) is 24.2 Å². The third-order valence-electron chi connectivity index (χ3n) is 6.81. The molecule has 1 atom stereocenters. The lowest BCUT2D eigenvalue weighted by Crippen LogP contribution is -2.24. The molecule has 1 saturated heterocycles. The van der Waals surface area contributed by atoms with Crippen molar-refractivity contribution < 1.29 is 14.3 Å². The molecule has 5 rings (SSSR count). The maximum Gasteiger partial charge on any atom is 0.227 e. The van der Waals surface area contributed by atoms with E-state index in [1.807, 2.05) is 54.3 Å². The highest BCUT2D eigenvalue weighted by Gasteiger charge is 2.34. The van der Waals surface area contributed by atoms with Crippen LogP contribution in [0.3, 0.4) is 0 Å². The minimum absolute atomic E-state index is 0.0380. The molecule has 0 N–H and O–H groups in total. The number of aromatic nitrogens is 2. The summed E-state index contributed by atoms with van der Waals surface area (Å²) in [7, 11) is 0. The third kappa shape index (κ3) is 4.81. The average molecular weight is 484 g/mol. The molecule has 0 saturated carbocycles. The van der Waals surface area contributed by atoms with Gasteiger partial charge in [-0.3, -0.25) is 4.79 Å². The van der Waals surface area contributed by atoms with E-state index in [0.29, 0.717) is 26.2 Å². The van der Waals surface area contributed by atoms with E-state index < -0.39 is 0 Å². The standard InChI is InChI=1S/C30H33N3O3/c1-4-35-25-15-13-24(14-16-25)33-20-23(19-28(33)34)30-31-26-11-5-6-12-27(26)32(30)17-8-18-36-29-21(2)9-7-10-22(29)3/h5-7,9-16,23H,4,8,17-20H2,1-3H3. The minimum atomic E-state index is 0.0380. The monoisotopic (exact) mass is 483 g/mol. The van der Waals surface area contributed by atoms with Crippen LogP contribution in [0.1, 0.15) is 42.6 Å². The van der Waals surface area contributed by atoms with Crippen molar-refractivity contribution in [1.82, 2.24) is 9.55 Å². The number of imidazole rings is 1. The fraction of sp³-hybridized carbons (Fsp3) is 0.333. The number of carbonyl (C=O) groups is 1. The molecule has 0 aliphatic carbocycles. The van der Waals surface area contributed by atoms with Crippen LogP contribution in [0.2, 0.25) is 0 Å². The number of hydrogen-bond acceptors (Lipinski definition) is 4. The van der Waals surface area contributed by atoms with Gasteiger partial charge in [-0.25, -0.2) is 4.98 Å². The SMILES string of the molecule is CCOc1ccc(N2CC(c3nc4ccccc4n3CCCOc3c(C)cccc3C)CC2=O)cc1. The van der Waals surface area contributed by atoms with E-state index in [-0.39, 0.29) is 11.8 Å². The van der Waals surface area contributed by atoms with Crippen molar-refractivity contribution in [3.8, 4) is 11.5 Å². The van der Waals surface area contributed by atoms with Crippen LogP contribution in [-0.2, 0) is 11.3 Å². The molecule has 3 aromatic carbocycles. The number of carbonyl (C=O) groups excluding carboxylic acids is 1. The van der Waals surface area contributed by atoms with Gasteiger partial charge in [0, 0.05) is 31.1 Å². The number of anilines is 1. The number of benzene rings is 3. The van der Waals surface area contributed by atoms with Gasteiger partial charge in [0.15, 0.2) is 0 Å². The van der Waals surface area contributed by atoms with Crippen LogP contribution in [0.4, 0.5) is 5.69 Å². The zero-order valence-electron chi connectivity index (χ0n) is 21.2. The first-order chi connectivity index (χ1) is 17.5. The van der Waals surface area contributed by atoms with Crippen LogP contribution >= 0.6 is 0 Å². The zero-order chi connectivity index (χ0) is 25.1. The van der Waals surface area contributed by atoms with Gasteiger partial charge < -0.3 is 18.9 Å². The molecule has 1 aliphatic rings. The van der Waals surface area contributed by atoms with Gasteiger partial charge in [-0.1, -0.05) is 30.3 Å². The van der Waals surface area contributed by atoms with Crippen LogP contribution in [0.25, 0.3) is 11.0 Å². The quantitative estimate of drug-likeness (QED) is 0.272. The topological polar surface area (TPSA) is 56.6 Å². The second kappa shape index (κ2) is 10.4. The Morgan fingerprint density at radius 2 is 1.69 bits per heavy atom. The summed E-state index contributed by atoms with van der Waals surface area (Å²) in [5.74, 6) is 2.93. The normalized spacial score (nSPS) is 15.6. The molecule has 6 nitrogen and oxygen atoms in total.